The number of allylic oxidation sites excluding steroid dienone is 2. The van der Waals surface area contributed by atoms with E-state index in [2.05, 4.69) is 47.6 Å². The van der Waals surface area contributed by atoms with Gasteiger partial charge in [-0.05, 0) is 110 Å². The number of aliphatic hydroxyl groups excluding tert-OH is 2. The molecule has 0 radical (unpaired) electrons. The van der Waals surface area contributed by atoms with Gasteiger partial charge in [0, 0.05) is 0 Å². The summed E-state index contributed by atoms with van der Waals surface area (Å²) in [5.41, 5.74) is 0.689. The van der Waals surface area contributed by atoms with Crippen LogP contribution in [0.2, 0.25) is 0 Å². The van der Waals surface area contributed by atoms with E-state index in [0.717, 1.165) is 57.8 Å². The monoisotopic (exact) mass is 472 g/mol. The highest BCUT2D eigenvalue weighted by molar-refractivity contribution is 5.74. The van der Waals surface area contributed by atoms with Crippen molar-refractivity contribution in [3.05, 3.63) is 11.6 Å². The highest BCUT2D eigenvalue weighted by atomic mass is 16.4. The SMILES string of the molecule is CC1(C)[C@@H](O)CC[C@]2(C)[C@H]3CC=C4[C@@H]5C[C@](C)(C(=O)O)CC[C@]5(C)CC[C@@]4(C)[C@]3(C)C[C@@H](O)[C@@H]12. The second-order valence-electron chi connectivity index (χ2n) is 15.1. The largest absolute Gasteiger partial charge is 0.481 e. The highest BCUT2D eigenvalue weighted by Gasteiger charge is 2.70. The number of aliphatic carboxylic acids is 1. The third-order valence-corrected chi connectivity index (χ3v) is 13.2. The quantitative estimate of drug-likeness (QED) is 0.397. The number of hydrogen-bond donors (Lipinski definition) is 3. The molecule has 0 bridgehead atoms. The lowest BCUT2D eigenvalue weighted by Gasteiger charge is -2.72. The first-order valence-corrected chi connectivity index (χ1v) is 13.9. The maximum atomic E-state index is 12.2. The molecule has 10 atom stereocenters. The van der Waals surface area contributed by atoms with E-state index in [-0.39, 0.29) is 39.1 Å². The van der Waals surface area contributed by atoms with Crippen molar-refractivity contribution in [2.24, 2.45) is 50.2 Å². The molecule has 5 rings (SSSR count). The lowest BCUT2D eigenvalue weighted by Crippen LogP contribution is -2.68. The van der Waals surface area contributed by atoms with Crippen molar-refractivity contribution in [1.29, 1.82) is 0 Å². The molecule has 192 valence electrons. The number of carboxylic acids is 1. The summed E-state index contributed by atoms with van der Waals surface area (Å²) < 4.78 is 0. The predicted octanol–water partition coefficient (Wildman–Crippen LogP) is 6.20. The summed E-state index contributed by atoms with van der Waals surface area (Å²) >= 11 is 0. The van der Waals surface area contributed by atoms with E-state index < -0.39 is 17.5 Å². The zero-order valence-electron chi connectivity index (χ0n) is 22.6. The summed E-state index contributed by atoms with van der Waals surface area (Å²) in [6.07, 6.45) is 10.1. The summed E-state index contributed by atoms with van der Waals surface area (Å²) in [6, 6.07) is 0. The molecule has 4 fully saturated rings. The molecule has 0 aromatic rings. The minimum absolute atomic E-state index is 0.0108. The Morgan fingerprint density at radius 2 is 1.56 bits per heavy atom. The Morgan fingerprint density at radius 1 is 0.912 bits per heavy atom. The van der Waals surface area contributed by atoms with E-state index in [0.29, 0.717) is 11.8 Å². The highest BCUT2D eigenvalue weighted by Crippen LogP contribution is 2.75. The van der Waals surface area contributed by atoms with Gasteiger partial charge in [-0.25, -0.2) is 0 Å². The van der Waals surface area contributed by atoms with Gasteiger partial charge in [0.1, 0.15) is 0 Å². The topological polar surface area (TPSA) is 77.8 Å². The van der Waals surface area contributed by atoms with Gasteiger partial charge in [0.2, 0.25) is 0 Å². The number of carboxylic acid groups (broad SMARTS) is 1. The van der Waals surface area contributed by atoms with Gasteiger partial charge in [-0.3, -0.25) is 4.79 Å². The lowest BCUT2D eigenvalue weighted by atomic mass is 9.33. The lowest BCUT2D eigenvalue weighted by molar-refractivity contribution is -0.241. The molecular weight excluding hydrogens is 424 g/mol. The van der Waals surface area contributed by atoms with Crippen LogP contribution in [0.3, 0.4) is 0 Å². The smallest absolute Gasteiger partial charge is 0.309 e. The zero-order chi connectivity index (χ0) is 25.1. The first-order valence-electron chi connectivity index (χ1n) is 13.9. The summed E-state index contributed by atoms with van der Waals surface area (Å²) in [4.78, 5) is 12.2. The van der Waals surface area contributed by atoms with E-state index >= 15 is 0 Å². The Balaban J connectivity index is 1.60. The molecule has 0 unspecified atom stereocenters. The zero-order valence-corrected chi connectivity index (χ0v) is 22.6. The number of rotatable bonds is 1. The van der Waals surface area contributed by atoms with Crippen LogP contribution in [0.15, 0.2) is 11.6 Å². The second-order valence-corrected chi connectivity index (χ2v) is 15.1. The maximum absolute atomic E-state index is 12.2. The standard InChI is InChI=1S/C30H48O4/c1-25(2)22(32)10-11-28(5)21-9-8-18-19-16-27(4,24(33)34)13-12-26(19,3)14-15-29(18,6)30(21,7)17-20(31)23(25)28/h8,19-23,31-32H,9-17H2,1-7H3,(H,33,34)/t19-,20+,21+,22-,23-,26+,27+,28+,29+,30+/m0/s1. The van der Waals surface area contributed by atoms with E-state index in [1.165, 1.54) is 5.57 Å². The fourth-order valence-electron chi connectivity index (χ4n) is 10.7. The van der Waals surface area contributed by atoms with Gasteiger partial charge in [-0.2, -0.15) is 0 Å². The van der Waals surface area contributed by atoms with Crippen LogP contribution < -0.4 is 0 Å². The molecule has 3 N–H and O–H groups in total. The van der Waals surface area contributed by atoms with Crippen molar-refractivity contribution in [3.8, 4) is 0 Å². The number of carbonyl (C=O) groups is 1. The van der Waals surface area contributed by atoms with E-state index in [4.69, 9.17) is 0 Å². The average Bonchev–Trinajstić information content (AvgIpc) is 2.72. The molecule has 0 aliphatic heterocycles. The molecule has 0 saturated heterocycles. The van der Waals surface area contributed by atoms with Gasteiger partial charge in [-0.1, -0.05) is 53.2 Å². The molecule has 0 heterocycles. The first-order chi connectivity index (χ1) is 15.6. The second kappa shape index (κ2) is 7.12. The van der Waals surface area contributed by atoms with Crippen molar-refractivity contribution in [2.75, 3.05) is 0 Å². The minimum atomic E-state index is -0.645. The van der Waals surface area contributed by atoms with Gasteiger partial charge >= 0.3 is 5.97 Å². The molecule has 34 heavy (non-hydrogen) atoms. The van der Waals surface area contributed by atoms with Crippen molar-refractivity contribution < 1.29 is 20.1 Å². The number of fused-ring (bicyclic) bond motifs is 7. The molecule has 0 spiro atoms. The van der Waals surface area contributed by atoms with Crippen LogP contribution in [0.5, 0.6) is 0 Å². The molecule has 0 amide bonds. The van der Waals surface area contributed by atoms with Crippen molar-refractivity contribution in [2.45, 2.75) is 118 Å². The molecule has 5 aliphatic carbocycles. The van der Waals surface area contributed by atoms with Gasteiger partial charge in [0.05, 0.1) is 17.6 Å². The molecule has 4 nitrogen and oxygen atoms in total. The maximum Gasteiger partial charge on any atom is 0.309 e. The fourth-order valence-corrected chi connectivity index (χ4v) is 10.7. The minimum Gasteiger partial charge on any atom is -0.481 e. The van der Waals surface area contributed by atoms with Crippen LogP contribution in [0.4, 0.5) is 0 Å². The Bertz CT molecular complexity index is 923. The fraction of sp³-hybridized carbons (Fsp3) is 0.900. The molecule has 5 aliphatic rings. The third kappa shape index (κ3) is 2.88. The van der Waals surface area contributed by atoms with Crippen LogP contribution in [0.1, 0.15) is 106 Å². The Hall–Kier alpha value is -0.870. The Morgan fingerprint density at radius 3 is 2.21 bits per heavy atom. The first kappa shape index (κ1) is 24.8. The third-order valence-electron chi connectivity index (χ3n) is 13.2. The molecular formula is C30H48O4. The van der Waals surface area contributed by atoms with Crippen LogP contribution in [0, 0.1) is 50.2 Å². The summed E-state index contributed by atoms with van der Waals surface area (Å²) in [5.74, 6) is 0.229. The van der Waals surface area contributed by atoms with Gasteiger partial charge in [-0.15, -0.1) is 0 Å². The van der Waals surface area contributed by atoms with Crippen LogP contribution in [-0.2, 0) is 4.79 Å². The van der Waals surface area contributed by atoms with Crippen LogP contribution in [0.25, 0.3) is 0 Å². The Labute approximate surface area is 206 Å². The normalized spacial score (nSPS) is 56.3. The predicted molar refractivity (Wildman–Crippen MR) is 134 cm³/mol. The molecule has 4 saturated carbocycles. The van der Waals surface area contributed by atoms with Crippen molar-refractivity contribution >= 4 is 5.97 Å². The Kier molecular flexibility index (Phi) is 5.20. The summed E-state index contributed by atoms with van der Waals surface area (Å²) in [5, 5.41) is 32.7. The van der Waals surface area contributed by atoms with Gasteiger partial charge < -0.3 is 15.3 Å². The van der Waals surface area contributed by atoms with Crippen molar-refractivity contribution in [3.63, 3.8) is 0 Å². The van der Waals surface area contributed by atoms with E-state index in [9.17, 15) is 20.1 Å². The van der Waals surface area contributed by atoms with Gasteiger partial charge in [0.25, 0.3) is 0 Å². The van der Waals surface area contributed by atoms with Gasteiger partial charge in [0.15, 0.2) is 0 Å². The molecule has 0 aromatic heterocycles. The van der Waals surface area contributed by atoms with E-state index in [1.807, 2.05) is 6.92 Å². The number of hydrogen-bond acceptors (Lipinski definition) is 3. The number of aliphatic hydroxyl groups is 2. The molecule has 0 aromatic carbocycles. The summed E-state index contributed by atoms with van der Waals surface area (Å²) in [6.45, 7) is 16.0. The van der Waals surface area contributed by atoms with Crippen LogP contribution in [-0.4, -0.2) is 33.5 Å². The summed E-state index contributed by atoms with van der Waals surface area (Å²) in [7, 11) is 0. The molecule has 4 heteroatoms. The van der Waals surface area contributed by atoms with E-state index in [1.54, 1.807) is 0 Å². The average molecular weight is 473 g/mol. The van der Waals surface area contributed by atoms with Crippen LogP contribution >= 0.6 is 0 Å². The van der Waals surface area contributed by atoms with Crippen molar-refractivity contribution in [1.82, 2.24) is 0 Å².